The third kappa shape index (κ3) is 4.04. The zero-order valence-corrected chi connectivity index (χ0v) is 17.1. The van der Waals surface area contributed by atoms with Gasteiger partial charge in [-0.25, -0.2) is 0 Å². The van der Waals surface area contributed by atoms with Gasteiger partial charge in [-0.2, -0.15) is 10.3 Å². The summed E-state index contributed by atoms with van der Waals surface area (Å²) in [7, 11) is 0. The minimum absolute atomic E-state index is 0.0405. The fourth-order valence-electron chi connectivity index (χ4n) is 5.43. The average Bonchev–Trinajstić information content (AvgIpc) is 3.14. The molecule has 0 spiro atoms. The van der Waals surface area contributed by atoms with Crippen LogP contribution in [0.25, 0.3) is 0 Å². The number of hydrogen-bond donors (Lipinski definition) is 2. The van der Waals surface area contributed by atoms with Crippen LogP contribution in [0.5, 0.6) is 0 Å². The zero-order chi connectivity index (χ0) is 20.1. The standard InChI is InChI=1S/C23H32N5O/c24-17-25-22-23(14-16-29,21-26-19-11-6-7-12-20(19)27-21)13-8-15-28(22)18-9-4-2-1-3-5-10-18/h6-7,11-13,18-19,21,26,29H,1-5,8-10,14-16H2. The van der Waals surface area contributed by atoms with Crippen LogP contribution in [0.1, 0.15) is 57.8 Å². The maximum absolute atomic E-state index is 9.99. The van der Waals surface area contributed by atoms with Crippen molar-refractivity contribution in [2.24, 2.45) is 15.4 Å². The van der Waals surface area contributed by atoms with Gasteiger partial charge in [0.1, 0.15) is 12.0 Å². The third-order valence-corrected chi connectivity index (χ3v) is 6.87. The lowest BCUT2D eigenvalue weighted by atomic mass is 9.72. The average molecular weight is 395 g/mol. The zero-order valence-electron chi connectivity index (χ0n) is 17.1. The number of nitrogens with zero attached hydrogens (tertiary/aromatic N) is 4. The van der Waals surface area contributed by atoms with Crippen molar-refractivity contribution < 1.29 is 5.11 Å². The molecule has 6 heteroatoms. The predicted molar refractivity (Wildman–Crippen MR) is 115 cm³/mol. The van der Waals surface area contributed by atoms with Crippen LogP contribution in [0.2, 0.25) is 0 Å². The molecule has 2 aliphatic heterocycles. The van der Waals surface area contributed by atoms with E-state index in [0.29, 0.717) is 12.5 Å². The van der Waals surface area contributed by atoms with Gasteiger partial charge in [-0.3, -0.25) is 10.3 Å². The van der Waals surface area contributed by atoms with E-state index >= 15 is 0 Å². The lowest BCUT2D eigenvalue weighted by Crippen LogP contribution is -2.60. The maximum atomic E-state index is 9.99. The number of aliphatic hydroxyl groups is 1. The molecule has 4 aliphatic rings. The second-order valence-corrected chi connectivity index (χ2v) is 8.58. The molecule has 2 N–H and O–H groups in total. The molecule has 0 aromatic rings. The van der Waals surface area contributed by atoms with Gasteiger partial charge in [0.15, 0.2) is 0 Å². The summed E-state index contributed by atoms with van der Waals surface area (Å²) in [6.45, 7) is 0.934. The Morgan fingerprint density at radius 3 is 2.76 bits per heavy atom. The van der Waals surface area contributed by atoms with Crippen LogP contribution in [0, 0.1) is 23.3 Å². The minimum Gasteiger partial charge on any atom is -0.396 e. The van der Waals surface area contributed by atoms with E-state index in [-0.39, 0.29) is 18.8 Å². The van der Waals surface area contributed by atoms with E-state index in [1.54, 1.807) is 0 Å². The topological polar surface area (TPSA) is 84.0 Å². The van der Waals surface area contributed by atoms with Crippen LogP contribution >= 0.6 is 0 Å². The highest BCUT2D eigenvalue weighted by molar-refractivity contribution is 6.04. The Labute approximate surface area is 174 Å². The summed E-state index contributed by atoms with van der Waals surface area (Å²) in [6, 6.07) is 0.513. The highest BCUT2D eigenvalue weighted by Crippen LogP contribution is 2.42. The number of nitrogens with one attached hydrogen (secondary N) is 1. The van der Waals surface area contributed by atoms with Gasteiger partial charge in [0, 0.05) is 19.2 Å². The second-order valence-electron chi connectivity index (χ2n) is 8.58. The second kappa shape index (κ2) is 9.23. The molecule has 2 heterocycles. The van der Waals surface area contributed by atoms with Crippen LogP contribution in [-0.2, 0) is 0 Å². The van der Waals surface area contributed by atoms with Gasteiger partial charge in [0.05, 0.1) is 17.2 Å². The molecule has 1 radical (unpaired) electrons. The van der Waals surface area contributed by atoms with Gasteiger partial charge >= 0.3 is 0 Å². The van der Waals surface area contributed by atoms with Crippen LogP contribution in [-0.4, -0.2) is 53.0 Å². The summed E-state index contributed by atoms with van der Waals surface area (Å²) in [6.07, 6.45) is 22.4. The number of nitriles is 1. The highest BCUT2D eigenvalue weighted by atomic mass is 16.3. The van der Waals surface area contributed by atoms with E-state index in [1.165, 1.54) is 32.1 Å². The van der Waals surface area contributed by atoms with Gasteiger partial charge in [0.2, 0.25) is 6.19 Å². The molecule has 3 unspecified atom stereocenters. The molecule has 0 aromatic carbocycles. The summed E-state index contributed by atoms with van der Waals surface area (Å²) in [4.78, 5) is 11.8. The Morgan fingerprint density at radius 2 is 2.03 bits per heavy atom. The minimum atomic E-state index is -0.558. The van der Waals surface area contributed by atoms with E-state index < -0.39 is 5.41 Å². The Hall–Kier alpha value is -1.97. The largest absolute Gasteiger partial charge is 0.396 e. The number of hydrogen-bond acceptors (Lipinski definition) is 5. The number of aliphatic hydroxyl groups excluding tert-OH is 1. The molecule has 1 saturated carbocycles. The Morgan fingerprint density at radius 1 is 1.24 bits per heavy atom. The van der Waals surface area contributed by atoms with Crippen molar-refractivity contribution >= 4 is 11.5 Å². The summed E-state index contributed by atoms with van der Waals surface area (Å²) < 4.78 is 0. The van der Waals surface area contributed by atoms with E-state index in [1.807, 2.05) is 18.2 Å². The molecule has 3 atom stereocenters. The Kier molecular flexibility index (Phi) is 6.46. The summed E-state index contributed by atoms with van der Waals surface area (Å²) >= 11 is 0. The smallest absolute Gasteiger partial charge is 0.207 e. The quantitative estimate of drug-likeness (QED) is 0.718. The molecule has 0 aromatic heterocycles. The van der Waals surface area contributed by atoms with Crippen molar-refractivity contribution in [1.82, 2.24) is 10.2 Å². The number of allylic oxidation sites excluding steroid dienone is 2. The normalized spacial score (nSPS) is 34.4. The highest BCUT2D eigenvalue weighted by Gasteiger charge is 2.51. The molecule has 4 rings (SSSR count). The lowest BCUT2D eigenvalue weighted by Gasteiger charge is -2.49. The monoisotopic (exact) mass is 394 g/mol. The molecular weight excluding hydrogens is 362 g/mol. The van der Waals surface area contributed by atoms with Crippen LogP contribution < -0.4 is 5.32 Å². The first-order valence-electron chi connectivity index (χ1n) is 11.2. The van der Waals surface area contributed by atoms with Crippen LogP contribution in [0.15, 0.2) is 34.3 Å². The number of amidine groups is 1. The number of piperidine rings is 1. The van der Waals surface area contributed by atoms with Crippen molar-refractivity contribution in [3.63, 3.8) is 0 Å². The van der Waals surface area contributed by atoms with E-state index in [9.17, 15) is 10.4 Å². The first kappa shape index (κ1) is 20.3. The first-order valence-corrected chi connectivity index (χ1v) is 11.2. The molecule has 0 amide bonds. The van der Waals surface area contributed by atoms with E-state index in [2.05, 4.69) is 33.9 Å². The van der Waals surface area contributed by atoms with E-state index in [0.717, 1.165) is 37.4 Å². The number of likely N-dealkylation sites (tertiary alicyclic amines) is 1. The fourth-order valence-corrected chi connectivity index (χ4v) is 5.43. The molecule has 2 fully saturated rings. The fraction of sp³-hybridized carbons (Fsp3) is 0.652. The first-order chi connectivity index (χ1) is 14.3. The molecule has 29 heavy (non-hydrogen) atoms. The molecule has 155 valence electrons. The van der Waals surface area contributed by atoms with Gasteiger partial charge in [-0.05, 0) is 38.2 Å². The SMILES string of the molecule is N#CN=C1N(C2CCCCCCC2)CC[CH]C1(CCO)C1N=C2C=CC=CC2N1. The van der Waals surface area contributed by atoms with Crippen molar-refractivity contribution in [1.29, 1.82) is 5.26 Å². The van der Waals surface area contributed by atoms with Gasteiger partial charge in [-0.15, -0.1) is 0 Å². The molecule has 6 nitrogen and oxygen atoms in total. The van der Waals surface area contributed by atoms with Crippen molar-refractivity contribution in [3.05, 3.63) is 30.7 Å². The molecular formula is C23H32N5O. The molecule has 0 bridgehead atoms. The third-order valence-electron chi connectivity index (χ3n) is 6.87. The summed E-state index contributed by atoms with van der Waals surface area (Å²) in [5.74, 6) is 0.805. The van der Waals surface area contributed by atoms with Gasteiger partial charge < -0.3 is 10.0 Å². The summed E-state index contributed by atoms with van der Waals surface area (Å²) in [5, 5.41) is 23.2. The van der Waals surface area contributed by atoms with E-state index in [4.69, 9.17) is 4.99 Å². The molecule has 2 aliphatic carbocycles. The number of fused-ring (bicyclic) bond motifs is 1. The number of rotatable bonds is 4. The van der Waals surface area contributed by atoms with Crippen LogP contribution in [0.4, 0.5) is 0 Å². The Bertz CT molecular complexity index is 737. The lowest BCUT2D eigenvalue weighted by molar-refractivity contribution is 0.159. The van der Waals surface area contributed by atoms with Gasteiger partial charge in [0.25, 0.3) is 0 Å². The van der Waals surface area contributed by atoms with Crippen molar-refractivity contribution in [2.75, 3.05) is 13.2 Å². The van der Waals surface area contributed by atoms with Crippen molar-refractivity contribution in [3.8, 4) is 6.19 Å². The van der Waals surface area contributed by atoms with Crippen LogP contribution in [0.3, 0.4) is 0 Å². The number of aliphatic imine (C=N–C) groups is 2. The molecule has 1 saturated heterocycles. The Balaban J connectivity index is 1.67. The maximum Gasteiger partial charge on any atom is 0.207 e. The van der Waals surface area contributed by atoms with Gasteiger partial charge in [-0.1, -0.05) is 50.3 Å². The predicted octanol–water partition coefficient (Wildman–Crippen LogP) is 3.12. The summed E-state index contributed by atoms with van der Waals surface area (Å²) in [5.41, 5.74) is 0.458. The van der Waals surface area contributed by atoms with Crippen molar-refractivity contribution in [2.45, 2.75) is 76.0 Å².